The van der Waals surface area contributed by atoms with Crippen LogP contribution in [0.5, 0.6) is 5.75 Å². The number of hydrogen-bond acceptors (Lipinski definition) is 3. The maximum Gasteiger partial charge on any atom is 0.246 e. The number of nitrogens with two attached hydrogens (primary N) is 1. The van der Waals surface area contributed by atoms with Crippen LogP contribution in [0.2, 0.25) is 0 Å². The zero-order valence-electron chi connectivity index (χ0n) is 14.0. The summed E-state index contributed by atoms with van der Waals surface area (Å²) in [5.41, 5.74) is 7.47. The van der Waals surface area contributed by atoms with Crippen molar-refractivity contribution in [3.8, 4) is 5.75 Å². The van der Waals surface area contributed by atoms with Crippen LogP contribution >= 0.6 is 0 Å². The quantitative estimate of drug-likeness (QED) is 0.559. The van der Waals surface area contributed by atoms with Gasteiger partial charge in [-0.25, -0.2) is 0 Å². The van der Waals surface area contributed by atoms with Crippen molar-refractivity contribution in [2.24, 2.45) is 0 Å². The zero-order valence-corrected chi connectivity index (χ0v) is 14.0. The van der Waals surface area contributed by atoms with Crippen molar-refractivity contribution in [2.75, 3.05) is 25.4 Å². The first-order valence-electron chi connectivity index (χ1n) is 8.11. The molecule has 1 aromatic rings. The molecule has 0 aliphatic heterocycles. The zero-order chi connectivity index (χ0) is 16.4. The van der Waals surface area contributed by atoms with Gasteiger partial charge in [0, 0.05) is 19.2 Å². The molecule has 4 nitrogen and oxygen atoms in total. The van der Waals surface area contributed by atoms with Crippen molar-refractivity contribution in [1.82, 2.24) is 4.90 Å². The van der Waals surface area contributed by atoms with E-state index in [0.29, 0.717) is 18.0 Å². The Morgan fingerprint density at radius 3 is 2.64 bits per heavy atom. The van der Waals surface area contributed by atoms with E-state index in [0.717, 1.165) is 37.9 Å². The predicted molar refractivity (Wildman–Crippen MR) is 92.8 cm³/mol. The molecule has 1 aromatic carbocycles. The highest BCUT2D eigenvalue weighted by Gasteiger charge is 2.07. The standard InChI is InChI=1S/C18H28N2O2/c1-4-7-12-20(6-3)18(21)11-9-15-8-10-17(16(19)14-15)22-13-5-2/h8-11,14H,4-7,12-13,19H2,1-3H3/b11-9-. The number of carbonyl (C=O) groups is 1. The van der Waals surface area contributed by atoms with E-state index >= 15 is 0 Å². The highest BCUT2D eigenvalue weighted by molar-refractivity contribution is 5.92. The van der Waals surface area contributed by atoms with E-state index in [1.54, 1.807) is 12.2 Å². The first-order chi connectivity index (χ1) is 10.6. The smallest absolute Gasteiger partial charge is 0.246 e. The summed E-state index contributed by atoms with van der Waals surface area (Å²) in [6.07, 6.45) is 6.48. The minimum Gasteiger partial charge on any atom is -0.491 e. The molecule has 0 saturated carbocycles. The molecule has 0 radical (unpaired) electrons. The largest absolute Gasteiger partial charge is 0.491 e. The number of carbonyl (C=O) groups excluding carboxylic acids is 1. The molecule has 0 unspecified atom stereocenters. The summed E-state index contributed by atoms with van der Waals surface area (Å²) >= 11 is 0. The summed E-state index contributed by atoms with van der Waals surface area (Å²) in [5.74, 6) is 0.740. The van der Waals surface area contributed by atoms with Gasteiger partial charge < -0.3 is 15.4 Å². The van der Waals surface area contributed by atoms with Crippen LogP contribution in [0.1, 0.15) is 45.6 Å². The second-order valence-electron chi connectivity index (χ2n) is 5.25. The number of rotatable bonds is 9. The third-order valence-corrected chi connectivity index (χ3v) is 3.39. The highest BCUT2D eigenvalue weighted by Crippen LogP contribution is 2.23. The summed E-state index contributed by atoms with van der Waals surface area (Å²) in [6, 6.07) is 5.59. The molecule has 0 heterocycles. The minimum absolute atomic E-state index is 0.0424. The molecule has 1 amide bonds. The number of likely N-dealkylation sites (N-methyl/N-ethyl adjacent to an activating group) is 1. The van der Waals surface area contributed by atoms with Gasteiger partial charge in [-0.1, -0.05) is 26.3 Å². The molecule has 0 saturated heterocycles. The molecule has 0 aliphatic carbocycles. The van der Waals surface area contributed by atoms with Crippen LogP contribution in [0, 0.1) is 0 Å². The normalized spacial score (nSPS) is 10.9. The van der Waals surface area contributed by atoms with Crippen LogP contribution < -0.4 is 10.5 Å². The molecule has 1 rings (SSSR count). The fourth-order valence-corrected chi connectivity index (χ4v) is 2.06. The van der Waals surface area contributed by atoms with Gasteiger partial charge in [-0.3, -0.25) is 4.79 Å². The maximum absolute atomic E-state index is 12.1. The average Bonchev–Trinajstić information content (AvgIpc) is 2.52. The van der Waals surface area contributed by atoms with E-state index in [1.807, 2.05) is 30.0 Å². The molecule has 0 bridgehead atoms. The number of amides is 1. The Labute approximate surface area is 133 Å². The van der Waals surface area contributed by atoms with Crippen LogP contribution in [-0.2, 0) is 4.79 Å². The van der Waals surface area contributed by atoms with Crippen LogP contribution in [0.4, 0.5) is 5.69 Å². The lowest BCUT2D eigenvalue weighted by Crippen LogP contribution is -2.30. The van der Waals surface area contributed by atoms with Gasteiger partial charge in [0.25, 0.3) is 0 Å². The number of benzene rings is 1. The van der Waals surface area contributed by atoms with Gasteiger partial charge in [0.05, 0.1) is 12.3 Å². The summed E-state index contributed by atoms with van der Waals surface area (Å²) in [6.45, 7) is 8.37. The number of hydrogen-bond donors (Lipinski definition) is 1. The Hall–Kier alpha value is -1.97. The number of ether oxygens (including phenoxy) is 1. The Balaban J connectivity index is 2.68. The van der Waals surface area contributed by atoms with E-state index in [2.05, 4.69) is 13.8 Å². The van der Waals surface area contributed by atoms with Crippen molar-refractivity contribution in [3.63, 3.8) is 0 Å². The molecule has 122 valence electrons. The predicted octanol–water partition coefficient (Wildman–Crippen LogP) is 3.72. The lowest BCUT2D eigenvalue weighted by atomic mass is 10.1. The number of unbranched alkanes of at least 4 members (excludes halogenated alkanes) is 1. The molecular formula is C18H28N2O2. The molecule has 22 heavy (non-hydrogen) atoms. The number of nitrogen functional groups attached to an aromatic ring is 1. The van der Waals surface area contributed by atoms with Gasteiger partial charge in [0.15, 0.2) is 0 Å². The van der Waals surface area contributed by atoms with Gasteiger partial charge in [0.2, 0.25) is 5.91 Å². The molecular weight excluding hydrogens is 276 g/mol. The molecule has 0 aromatic heterocycles. The maximum atomic E-state index is 12.1. The van der Waals surface area contributed by atoms with Crippen molar-refractivity contribution >= 4 is 17.7 Å². The summed E-state index contributed by atoms with van der Waals surface area (Å²) in [5, 5.41) is 0. The lowest BCUT2D eigenvalue weighted by molar-refractivity contribution is -0.125. The molecule has 0 atom stereocenters. The minimum atomic E-state index is 0.0424. The van der Waals surface area contributed by atoms with E-state index in [9.17, 15) is 4.79 Å². The first kappa shape index (κ1) is 18.1. The van der Waals surface area contributed by atoms with Gasteiger partial charge in [-0.2, -0.15) is 0 Å². The molecule has 4 heteroatoms. The fourth-order valence-electron chi connectivity index (χ4n) is 2.06. The van der Waals surface area contributed by atoms with Gasteiger partial charge in [0.1, 0.15) is 5.75 Å². The van der Waals surface area contributed by atoms with Crippen molar-refractivity contribution in [1.29, 1.82) is 0 Å². The Morgan fingerprint density at radius 2 is 2.05 bits per heavy atom. The fraction of sp³-hybridized carbons (Fsp3) is 0.500. The molecule has 2 N–H and O–H groups in total. The van der Waals surface area contributed by atoms with Crippen LogP contribution in [0.25, 0.3) is 6.08 Å². The summed E-state index contributed by atoms with van der Waals surface area (Å²) in [4.78, 5) is 14.0. The number of nitrogens with zero attached hydrogens (tertiary/aromatic N) is 1. The van der Waals surface area contributed by atoms with E-state index < -0.39 is 0 Å². The van der Waals surface area contributed by atoms with Crippen LogP contribution in [0.15, 0.2) is 24.3 Å². The molecule has 0 aliphatic rings. The summed E-state index contributed by atoms with van der Waals surface area (Å²) in [7, 11) is 0. The van der Waals surface area contributed by atoms with E-state index in [-0.39, 0.29) is 5.91 Å². The van der Waals surface area contributed by atoms with Crippen LogP contribution in [-0.4, -0.2) is 30.5 Å². The van der Waals surface area contributed by atoms with Gasteiger partial charge in [-0.15, -0.1) is 0 Å². The van der Waals surface area contributed by atoms with Gasteiger partial charge in [-0.05, 0) is 43.5 Å². The van der Waals surface area contributed by atoms with Crippen molar-refractivity contribution < 1.29 is 9.53 Å². The monoisotopic (exact) mass is 304 g/mol. The topological polar surface area (TPSA) is 55.6 Å². The highest BCUT2D eigenvalue weighted by atomic mass is 16.5. The average molecular weight is 304 g/mol. The second-order valence-corrected chi connectivity index (χ2v) is 5.25. The van der Waals surface area contributed by atoms with Crippen LogP contribution in [0.3, 0.4) is 0 Å². The Morgan fingerprint density at radius 1 is 1.27 bits per heavy atom. The van der Waals surface area contributed by atoms with Crippen molar-refractivity contribution in [2.45, 2.75) is 40.0 Å². The summed E-state index contributed by atoms with van der Waals surface area (Å²) < 4.78 is 5.54. The second kappa shape index (κ2) is 9.87. The molecule has 0 spiro atoms. The SMILES string of the molecule is CCCCN(CC)C(=O)/C=C\c1ccc(OCCC)c(N)c1. The van der Waals surface area contributed by atoms with Crippen molar-refractivity contribution in [3.05, 3.63) is 29.8 Å². The van der Waals surface area contributed by atoms with Gasteiger partial charge >= 0.3 is 0 Å². The Kier molecular flexibility index (Phi) is 8.11. The Bertz CT molecular complexity index is 498. The third-order valence-electron chi connectivity index (χ3n) is 3.39. The molecule has 0 fully saturated rings. The number of anilines is 1. The first-order valence-corrected chi connectivity index (χ1v) is 8.11. The lowest BCUT2D eigenvalue weighted by Gasteiger charge is -2.18. The van der Waals surface area contributed by atoms with E-state index in [4.69, 9.17) is 10.5 Å². The van der Waals surface area contributed by atoms with E-state index in [1.165, 1.54) is 0 Å². The third kappa shape index (κ3) is 5.80.